The molecule has 106 valence electrons. The molecule has 0 aliphatic heterocycles. The van der Waals surface area contributed by atoms with Crippen LogP contribution in [0.1, 0.15) is 24.1 Å². The Morgan fingerprint density at radius 2 is 1.65 bits per heavy atom. The summed E-state index contributed by atoms with van der Waals surface area (Å²) in [5.41, 5.74) is 12.5. The van der Waals surface area contributed by atoms with E-state index in [0.717, 1.165) is 17.7 Å². The van der Waals surface area contributed by atoms with Crippen LogP contribution in [-0.4, -0.2) is 0 Å². The van der Waals surface area contributed by atoms with Crippen molar-refractivity contribution < 1.29 is 8.78 Å². The highest BCUT2D eigenvalue weighted by atomic mass is 35.5. The summed E-state index contributed by atoms with van der Waals surface area (Å²) in [6, 6.07) is 9.92. The van der Waals surface area contributed by atoms with Crippen LogP contribution < -0.4 is 11.5 Å². The lowest BCUT2D eigenvalue weighted by Gasteiger charge is -2.32. The highest BCUT2D eigenvalue weighted by Crippen LogP contribution is 2.31. The molecule has 2 aromatic rings. The van der Waals surface area contributed by atoms with Crippen molar-refractivity contribution in [3.05, 3.63) is 70.2 Å². The van der Waals surface area contributed by atoms with Crippen molar-refractivity contribution in [3.8, 4) is 0 Å². The van der Waals surface area contributed by atoms with Gasteiger partial charge < -0.3 is 11.5 Å². The van der Waals surface area contributed by atoms with Crippen LogP contribution in [0, 0.1) is 11.6 Å². The van der Waals surface area contributed by atoms with E-state index < -0.39 is 23.2 Å². The Balaban J connectivity index is 2.37. The second-order valence-electron chi connectivity index (χ2n) is 4.94. The van der Waals surface area contributed by atoms with E-state index >= 15 is 0 Å². The maximum Gasteiger partial charge on any atom is 0.159 e. The van der Waals surface area contributed by atoms with Gasteiger partial charge in [-0.1, -0.05) is 29.8 Å². The van der Waals surface area contributed by atoms with Crippen molar-refractivity contribution >= 4 is 11.6 Å². The van der Waals surface area contributed by atoms with Gasteiger partial charge in [0.1, 0.15) is 0 Å². The van der Waals surface area contributed by atoms with Crippen molar-refractivity contribution in [1.29, 1.82) is 0 Å². The molecule has 0 amide bonds. The Morgan fingerprint density at radius 1 is 1.05 bits per heavy atom. The van der Waals surface area contributed by atoms with Gasteiger partial charge in [-0.15, -0.1) is 0 Å². The standard InChI is InChI=1S/C15H15ClF2N2/c1-15(20,10-4-7-12(17)13(18)8-10)14(19)9-2-5-11(16)6-3-9/h2-8,14H,19-20H2,1H3/t14-,15+/m1/s1. The number of nitrogens with two attached hydrogens (primary N) is 2. The summed E-state index contributed by atoms with van der Waals surface area (Å²) >= 11 is 5.82. The molecule has 0 aromatic heterocycles. The van der Waals surface area contributed by atoms with Gasteiger partial charge in [0.05, 0.1) is 11.6 Å². The monoisotopic (exact) mass is 296 g/mol. The molecule has 0 aliphatic rings. The van der Waals surface area contributed by atoms with Gasteiger partial charge in [0.25, 0.3) is 0 Å². The summed E-state index contributed by atoms with van der Waals surface area (Å²) in [6.45, 7) is 1.68. The molecule has 0 bridgehead atoms. The van der Waals surface area contributed by atoms with Gasteiger partial charge in [-0.05, 0) is 42.3 Å². The molecule has 0 spiro atoms. The molecular weight excluding hydrogens is 282 g/mol. The number of hydrogen-bond donors (Lipinski definition) is 2. The van der Waals surface area contributed by atoms with Crippen LogP contribution in [0.25, 0.3) is 0 Å². The Bertz CT molecular complexity index is 612. The van der Waals surface area contributed by atoms with E-state index in [9.17, 15) is 8.78 Å². The molecule has 0 heterocycles. The molecule has 2 rings (SSSR count). The van der Waals surface area contributed by atoms with Crippen LogP contribution in [-0.2, 0) is 5.54 Å². The molecule has 2 nitrogen and oxygen atoms in total. The van der Waals surface area contributed by atoms with Gasteiger partial charge in [-0.2, -0.15) is 0 Å². The zero-order chi connectivity index (χ0) is 14.9. The van der Waals surface area contributed by atoms with E-state index in [-0.39, 0.29) is 0 Å². The molecule has 5 heteroatoms. The van der Waals surface area contributed by atoms with E-state index in [1.807, 2.05) is 0 Å². The Hall–Kier alpha value is -1.49. The van der Waals surface area contributed by atoms with E-state index in [4.69, 9.17) is 23.1 Å². The fraction of sp³-hybridized carbons (Fsp3) is 0.200. The highest BCUT2D eigenvalue weighted by molar-refractivity contribution is 6.30. The average Bonchev–Trinajstić information content (AvgIpc) is 2.41. The lowest BCUT2D eigenvalue weighted by Crippen LogP contribution is -2.44. The third kappa shape index (κ3) is 2.82. The SMILES string of the molecule is C[C@](N)(c1ccc(F)c(F)c1)[C@H](N)c1ccc(Cl)cc1. The van der Waals surface area contributed by atoms with Gasteiger partial charge in [-0.25, -0.2) is 8.78 Å². The minimum Gasteiger partial charge on any atom is -0.322 e. The first-order valence-electron chi connectivity index (χ1n) is 6.08. The van der Waals surface area contributed by atoms with Crippen molar-refractivity contribution in [2.24, 2.45) is 11.5 Å². The van der Waals surface area contributed by atoms with Crippen LogP contribution in [0.2, 0.25) is 5.02 Å². The summed E-state index contributed by atoms with van der Waals surface area (Å²) in [5, 5.41) is 0.590. The molecule has 0 unspecified atom stereocenters. The molecule has 0 saturated carbocycles. The molecule has 4 N–H and O–H groups in total. The summed E-state index contributed by atoms with van der Waals surface area (Å²) in [5.74, 6) is -1.85. The first-order valence-corrected chi connectivity index (χ1v) is 6.45. The third-order valence-electron chi connectivity index (χ3n) is 3.42. The molecule has 20 heavy (non-hydrogen) atoms. The van der Waals surface area contributed by atoms with Crippen LogP contribution in [0.15, 0.2) is 42.5 Å². The minimum atomic E-state index is -1.04. The van der Waals surface area contributed by atoms with Gasteiger partial charge in [-0.3, -0.25) is 0 Å². The van der Waals surface area contributed by atoms with Crippen molar-refractivity contribution in [1.82, 2.24) is 0 Å². The number of benzene rings is 2. The summed E-state index contributed by atoms with van der Waals surface area (Å²) in [4.78, 5) is 0. The van der Waals surface area contributed by atoms with E-state index in [1.165, 1.54) is 6.07 Å². The Kier molecular flexibility index (Phi) is 4.09. The van der Waals surface area contributed by atoms with Crippen molar-refractivity contribution in [2.75, 3.05) is 0 Å². The minimum absolute atomic E-state index is 0.429. The van der Waals surface area contributed by atoms with Gasteiger partial charge in [0.2, 0.25) is 0 Å². The number of halogens is 3. The predicted octanol–water partition coefficient (Wildman–Crippen LogP) is 3.49. The zero-order valence-electron chi connectivity index (χ0n) is 10.9. The van der Waals surface area contributed by atoms with E-state index in [2.05, 4.69) is 0 Å². The zero-order valence-corrected chi connectivity index (χ0v) is 11.7. The lowest BCUT2D eigenvalue weighted by atomic mass is 9.82. The van der Waals surface area contributed by atoms with Crippen LogP contribution >= 0.6 is 11.6 Å². The van der Waals surface area contributed by atoms with Crippen molar-refractivity contribution in [2.45, 2.75) is 18.5 Å². The Labute approximate surface area is 121 Å². The van der Waals surface area contributed by atoms with Gasteiger partial charge in [0.15, 0.2) is 11.6 Å². The fourth-order valence-electron chi connectivity index (χ4n) is 2.03. The van der Waals surface area contributed by atoms with Gasteiger partial charge in [0, 0.05) is 5.02 Å². The first kappa shape index (κ1) is 14.9. The van der Waals surface area contributed by atoms with E-state index in [1.54, 1.807) is 31.2 Å². The molecule has 0 aliphatic carbocycles. The quantitative estimate of drug-likeness (QED) is 0.911. The predicted molar refractivity (Wildman–Crippen MR) is 76.3 cm³/mol. The molecule has 0 radical (unpaired) electrons. The summed E-state index contributed by atoms with van der Waals surface area (Å²) < 4.78 is 26.3. The fourth-order valence-corrected chi connectivity index (χ4v) is 2.15. The maximum atomic E-state index is 13.3. The molecule has 0 saturated heterocycles. The smallest absolute Gasteiger partial charge is 0.159 e. The first-order chi connectivity index (χ1) is 9.32. The molecule has 0 fully saturated rings. The molecule has 2 aromatic carbocycles. The van der Waals surface area contributed by atoms with E-state index in [0.29, 0.717) is 10.6 Å². The molecule has 2 atom stereocenters. The lowest BCUT2D eigenvalue weighted by molar-refractivity contribution is 0.392. The van der Waals surface area contributed by atoms with Crippen LogP contribution in [0.4, 0.5) is 8.78 Å². The average molecular weight is 297 g/mol. The van der Waals surface area contributed by atoms with Crippen molar-refractivity contribution in [3.63, 3.8) is 0 Å². The Morgan fingerprint density at radius 3 is 2.20 bits per heavy atom. The highest BCUT2D eigenvalue weighted by Gasteiger charge is 2.31. The maximum absolute atomic E-state index is 13.3. The topological polar surface area (TPSA) is 52.0 Å². The number of rotatable bonds is 3. The second-order valence-corrected chi connectivity index (χ2v) is 5.38. The number of hydrogen-bond acceptors (Lipinski definition) is 2. The van der Waals surface area contributed by atoms with Crippen LogP contribution in [0.3, 0.4) is 0 Å². The molecular formula is C15H15ClF2N2. The second kappa shape index (κ2) is 5.48. The third-order valence-corrected chi connectivity index (χ3v) is 3.67. The normalized spacial score (nSPS) is 15.7. The summed E-state index contributed by atoms with van der Waals surface area (Å²) in [6.07, 6.45) is 0. The summed E-state index contributed by atoms with van der Waals surface area (Å²) in [7, 11) is 0. The van der Waals surface area contributed by atoms with Gasteiger partial charge >= 0.3 is 0 Å². The largest absolute Gasteiger partial charge is 0.322 e. The van der Waals surface area contributed by atoms with Crippen LogP contribution in [0.5, 0.6) is 0 Å².